The van der Waals surface area contributed by atoms with E-state index in [4.69, 9.17) is 19.9 Å². The van der Waals surface area contributed by atoms with Crippen molar-refractivity contribution in [2.45, 2.75) is 52.7 Å². The number of benzene rings is 1. The summed E-state index contributed by atoms with van der Waals surface area (Å²) in [7, 11) is 0. The van der Waals surface area contributed by atoms with Crippen LogP contribution in [0.4, 0.5) is 0 Å². The predicted molar refractivity (Wildman–Crippen MR) is 97.7 cm³/mol. The van der Waals surface area contributed by atoms with Gasteiger partial charge in [-0.2, -0.15) is 0 Å². The number of rotatable bonds is 8. The van der Waals surface area contributed by atoms with E-state index in [1.807, 2.05) is 0 Å². The molecule has 3 N–H and O–H groups in total. The summed E-state index contributed by atoms with van der Waals surface area (Å²) in [6.45, 7) is 6.73. The molecule has 1 rings (SSSR count). The van der Waals surface area contributed by atoms with E-state index in [-0.39, 0.29) is 17.9 Å². The van der Waals surface area contributed by atoms with E-state index in [0.29, 0.717) is 5.56 Å². The van der Waals surface area contributed by atoms with Gasteiger partial charge in [0, 0.05) is 33.1 Å². The Balaban J connectivity index is 3.25. The van der Waals surface area contributed by atoms with Crippen LogP contribution in [0.2, 0.25) is 0 Å². The molecular weight excluding hydrogens is 370 g/mol. The second-order valence-corrected chi connectivity index (χ2v) is 6.59. The van der Waals surface area contributed by atoms with E-state index in [2.05, 4.69) is 0 Å². The molecule has 1 aromatic carbocycles. The Morgan fingerprint density at radius 3 is 2.00 bits per heavy atom. The normalized spacial score (nSPS) is 14.9. The van der Waals surface area contributed by atoms with E-state index in [1.54, 1.807) is 13.8 Å². The quantitative estimate of drug-likeness (QED) is 0.494. The first-order valence-electron chi connectivity index (χ1n) is 8.56. The van der Waals surface area contributed by atoms with Crippen molar-refractivity contribution in [2.24, 2.45) is 11.7 Å². The van der Waals surface area contributed by atoms with Crippen LogP contribution in [0.1, 0.15) is 40.2 Å². The lowest BCUT2D eigenvalue weighted by molar-refractivity contribution is -0.156. The number of nitrogens with two attached hydrogens (primary N) is 1. The van der Waals surface area contributed by atoms with Crippen molar-refractivity contribution in [2.75, 3.05) is 0 Å². The number of esters is 3. The summed E-state index contributed by atoms with van der Waals surface area (Å²) in [5.41, 5.74) is 4.84. The minimum Gasteiger partial charge on any atom is -0.480 e. The molecule has 0 saturated carbocycles. The second kappa shape index (κ2) is 9.32. The predicted octanol–water partition coefficient (Wildman–Crippen LogP) is 1.45. The van der Waals surface area contributed by atoms with Gasteiger partial charge in [0.05, 0.1) is 0 Å². The van der Waals surface area contributed by atoms with Gasteiger partial charge >= 0.3 is 23.9 Å². The highest BCUT2D eigenvalue weighted by molar-refractivity contribution is 5.80. The average Bonchev–Trinajstić information content (AvgIpc) is 2.54. The van der Waals surface area contributed by atoms with Crippen LogP contribution in [0.3, 0.4) is 0 Å². The van der Waals surface area contributed by atoms with Crippen LogP contribution in [0.25, 0.3) is 0 Å². The maximum atomic E-state index is 11.9. The number of ether oxygens (including phenoxy) is 3. The Morgan fingerprint density at radius 1 is 1.00 bits per heavy atom. The smallest absolute Gasteiger partial charge is 0.324 e. The average molecular weight is 395 g/mol. The summed E-state index contributed by atoms with van der Waals surface area (Å²) in [5.74, 6) is -3.83. The Labute approximate surface area is 162 Å². The van der Waals surface area contributed by atoms with Gasteiger partial charge < -0.3 is 25.1 Å². The third kappa shape index (κ3) is 6.05. The van der Waals surface area contributed by atoms with Gasteiger partial charge in [0.2, 0.25) is 0 Å². The number of carbonyl (C=O) groups excluding carboxylic acids is 3. The van der Waals surface area contributed by atoms with Crippen molar-refractivity contribution in [1.29, 1.82) is 0 Å². The van der Waals surface area contributed by atoms with Crippen LogP contribution in [0.15, 0.2) is 18.2 Å². The molecule has 0 aliphatic rings. The number of carboxylic acids is 1. The molecule has 9 heteroatoms. The molecule has 0 amide bonds. The first-order valence-corrected chi connectivity index (χ1v) is 8.56. The number of carboxylic acid groups (broad SMARTS) is 1. The summed E-state index contributed by atoms with van der Waals surface area (Å²) in [6.07, 6.45) is -0.893. The van der Waals surface area contributed by atoms with Gasteiger partial charge in [-0.05, 0) is 24.6 Å². The first kappa shape index (κ1) is 23.1. The summed E-state index contributed by atoms with van der Waals surface area (Å²) >= 11 is 0. The van der Waals surface area contributed by atoms with E-state index in [0.717, 1.165) is 0 Å². The lowest BCUT2D eigenvalue weighted by atomic mass is 9.78. The summed E-state index contributed by atoms with van der Waals surface area (Å²) in [4.78, 5) is 45.6. The molecular formula is C19H25NO8. The Hall–Kier alpha value is -2.94. The number of carbonyl (C=O) groups is 4. The summed E-state index contributed by atoms with van der Waals surface area (Å²) < 4.78 is 15.1. The third-order valence-electron chi connectivity index (χ3n) is 4.28. The molecule has 154 valence electrons. The van der Waals surface area contributed by atoms with Crippen molar-refractivity contribution in [3.05, 3.63) is 23.8 Å². The SMILES string of the molecule is CC(=O)Oc1ccc(C[C@](N)(C(=O)O)[C@H](C)[C@H](C)OC(C)=O)cc1OC(C)=O. The third-order valence-corrected chi connectivity index (χ3v) is 4.28. The lowest BCUT2D eigenvalue weighted by Crippen LogP contribution is -2.58. The number of aliphatic carboxylic acids is 1. The van der Waals surface area contributed by atoms with Crippen molar-refractivity contribution in [3.8, 4) is 11.5 Å². The second-order valence-electron chi connectivity index (χ2n) is 6.59. The van der Waals surface area contributed by atoms with E-state index < -0.39 is 41.4 Å². The fourth-order valence-corrected chi connectivity index (χ4v) is 2.69. The highest BCUT2D eigenvalue weighted by Gasteiger charge is 2.43. The van der Waals surface area contributed by atoms with Crippen LogP contribution in [0, 0.1) is 5.92 Å². The van der Waals surface area contributed by atoms with Crippen molar-refractivity contribution in [3.63, 3.8) is 0 Å². The standard InChI is InChI=1S/C19H25NO8/c1-10(11(2)26-12(3)21)19(20,18(24)25)9-15-6-7-16(27-13(4)22)17(8-15)28-14(5)23/h6-8,10-11H,9,20H2,1-5H3,(H,24,25)/t10-,11+,19-/m1/s1. The van der Waals surface area contributed by atoms with E-state index in [9.17, 15) is 24.3 Å². The first-order chi connectivity index (χ1) is 12.9. The lowest BCUT2D eigenvalue weighted by Gasteiger charge is -2.34. The zero-order valence-electron chi connectivity index (χ0n) is 16.5. The summed E-state index contributed by atoms with van der Waals surface area (Å²) in [5, 5.41) is 9.72. The maximum absolute atomic E-state index is 11.9. The monoisotopic (exact) mass is 395 g/mol. The van der Waals surface area contributed by atoms with Gasteiger partial charge in [0.15, 0.2) is 11.5 Å². The molecule has 0 aliphatic carbocycles. The van der Waals surface area contributed by atoms with E-state index in [1.165, 1.54) is 39.0 Å². The van der Waals surface area contributed by atoms with Crippen molar-refractivity contribution >= 4 is 23.9 Å². The fraction of sp³-hybridized carbons (Fsp3) is 0.474. The van der Waals surface area contributed by atoms with Crippen LogP contribution in [-0.2, 0) is 30.3 Å². The van der Waals surface area contributed by atoms with Crippen molar-refractivity contribution < 1.29 is 38.5 Å². The molecule has 3 atom stereocenters. The molecule has 9 nitrogen and oxygen atoms in total. The molecule has 0 radical (unpaired) electrons. The zero-order valence-corrected chi connectivity index (χ0v) is 16.5. The largest absolute Gasteiger partial charge is 0.480 e. The van der Waals surface area contributed by atoms with Gasteiger partial charge in [-0.3, -0.25) is 19.2 Å². The fourth-order valence-electron chi connectivity index (χ4n) is 2.69. The van der Waals surface area contributed by atoms with Gasteiger partial charge in [0.25, 0.3) is 0 Å². The van der Waals surface area contributed by atoms with Crippen LogP contribution in [0.5, 0.6) is 11.5 Å². The van der Waals surface area contributed by atoms with E-state index >= 15 is 0 Å². The Morgan fingerprint density at radius 2 is 1.54 bits per heavy atom. The van der Waals surface area contributed by atoms with Gasteiger partial charge in [0.1, 0.15) is 11.6 Å². The molecule has 0 bridgehead atoms. The molecule has 0 heterocycles. The molecule has 0 fully saturated rings. The highest BCUT2D eigenvalue weighted by atomic mass is 16.6. The van der Waals surface area contributed by atoms with Crippen LogP contribution < -0.4 is 15.2 Å². The minimum absolute atomic E-state index is 0.0192. The summed E-state index contributed by atoms with van der Waals surface area (Å²) in [6, 6.07) is 4.28. The Bertz CT molecular complexity index is 775. The van der Waals surface area contributed by atoms with Gasteiger partial charge in [-0.15, -0.1) is 0 Å². The van der Waals surface area contributed by atoms with Crippen LogP contribution >= 0.6 is 0 Å². The number of hydrogen-bond acceptors (Lipinski definition) is 8. The molecule has 0 aliphatic heterocycles. The molecule has 0 saturated heterocycles. The minimum atomic E-state index is -1.77. The number of hydrogen-bond donors (Lipinski definition) is 2. The van der Waals surface area contributed by atoms with Gasteiger partial charge in [-0.25, -0.2) is 0 Å². The molecule has 0 aromatic heterocycles. The highest BCUT2D eigenvalue weighted by Crippen LogP contribution is 2.32. The molecule has 28 heavy (non-hydrogen) atoms. The Kier molecular flexibility index (Phi) is 7.69. The van der Waals surface area contributed by atoms with Gasteiger partial charge in [-0.1, -0.05) is 13.0 Å². The van der Waals surface area contributed by atoms with Crippen molar-refractivity contribution in [1.82, 2.24) is 0 Å². The zero-order chi connectivity index (χ0) is 21.6. The molecule has 1 aromatic rings. The van der Waals surface area contributed by atoms with Crippen LogP contribution in [-0.4, -0.2) is 40.6 Å². The maximum Gasteiger partial charge on any atom is 0.324 e. The molecule has 0 spiro atoms. The molecule has 0 unspecified atom stereocenters. The topological polar surface area (TPSA) is 142 Å².